The van der Waals surface area contributed by atoms with Gasteiger partial charge in [0.2, 0.25) is 0 Å². The van der Waals surface area contributed by atoms with Crippen LogP contribution in [0.3, 0.4) is 0 Å². The van der Waals surface area contributed by atoms with Gasteiger partial charge in [0.05, 0.1) is 7.11 Å². The standard InChI is InChI=1S/C19H20BrN3O3/c1-23(2)16-6-4-5-14(12-16)19(25)22-21-18(24)10-7-13-11-15(20)8-9-17(13)26-3/h4-12H,1-3H3,(H,21,24)(H,22,25)/b10-7+. The Bertz CT molecular complexity index is 835. The minimum Gasteiger partial charge on any atom is -0.496 e. The number of carbonyl (C=O) groups excluding carboxylic acids is 2. The molecule has 0 spiro atoms. The number of hydrazine groups is 1. The van der Waals surface area contributed by atoms with Gasteiger partial charge in [0.1, 0.15) is 5.75 Å². The van der Waals surface area contributed by atoms with Gasteiger partial charge in [-0.05, 0) is 42.5 Å². The van der Waals surface area contributed by atoms with E-state index in [1.54, 1.807) is 37.5 Å². The van der Waals surface area contributed by atoms with E-state index >= 15 is 0 Å². The first-order valence-corrected chi connectivity index (χ1v) is 8.59. The van der Waals surface area contributed by atoms with Gasteiger partial charge < -0.3 is 9.64 Å². The molecule has 2 aromatic carbocycles. The van der Waals surface area contributed by atoms with Gasteiger partial charge in [-0.1, -0.05) is 22.0 Å². The van der Waals surface area contributed by atoms with Crippen LogP contribution in [-0.4, -0.2) is 33.0 Å². The monoisotopic (exact) mass is 417 g/mol. The molecule has 6 nitrogen and oxygen atoms in total. The zero-order chi connectivity index (χ0) is 19.1. The van der Waals surface area contributed by atoms with Crippen molar-refractivity contribution in [2.24, 2.45) is 0 Å². The highest BCUT2D eigenvalue weighted by Crippen LogP contribution is 2.24. The van der Waals surface area contributed by atoms with E-state index in [-0.39, 0.29) is 0 Å². The molecule has 0 aliphatic rings. The third-order valence-corrected chi connectivity index (χ3v) is 4.02. The van der Waals surface area contributed by atoms with Crippen molar-refractivity contribution in [3.05, 3.63) is 64.1 Å². The molecule has 0 fully saturated rings. The summed E-state index contributed by atoms with van der Waals surface area (Å²) in [4.78, 5) is 26.0. The predicted octanol–water partition coefficient (Wildman–Crippen LogP) is 3.00. The number of benzene rings is 2. The van der Waals surface area contributed by atoms with Gasteiger partial charge in [0.15, 0.2) is 0 Å². The lowest BCUT2D eigenvalue weighted by Crippen LogP contribution is -2.40. The quantitative estimate of drug-likeness (QED) is 0.579. The van der Waals surface area contributed by atoms with Crippen molar-refractivity contribution in [2.75, 3.05) is 26.1 Å². The Morgan fingerprint density at radius 2 is 1.88 bits per heavy atom. The van der Waals surface area contributed by atoms with Gasteiger partial charge in [-0.3, -0.25) is 20.4 Å². The van der Waals surface area contributed by atoms with E-state index in [0.29, 0.717) is 11.3 Å². The summed E-state index contributed by atoms with van der Waals surface area (Å²) >= 11 is 3.37. The SMILES string of the molecule is COc1ccc(Br)cc1/C=C/C(=O)NNC(=O)c1cccc(N(C)C)c1. The first-order valence-electron chi connectivity index (χ1n) is 7.80. The molecule has 2 N–H and O–H groups in total. The van der Waals surface area contributed by atoms with E-state index < -0.39 is 11.8 Å². The van der Waals surface area contributed by atoms with Crippen LogP contribution in [0.1, 0.15) is 15.9 Å². The molecule has 0 aromatic heterocycles. The van der Waals surface area contributed by atoms with Gasteiger partial charge >= 0.3 is 0 Å². The molecule has 0 atom stereocenters. The van der Waals surface area contributed by atoms with Crippen LogP contribution in [0.15, 0.2) is 53.0 Å². The number of hydrogen-bond acceptors (Lipinski definition) is 4. The van der Waals surface area contributed by atoms with Crippen LogP contribution in [0.5, 0.6) is 5.75 Å². The van der Waals surface area contributed by atoms with Crippen LogP contribution >= 0.6 is 15.9 Å². The second-order valence-corrected chi connectivity index (χ2v) is 6.52. The zero-order valence-corrected chi connectivity index (χ0v) is 16.3. The minimum absolute atomic E-state index is 0.393. The molecule has 0 heterocycles. The largest absolute Gasteiger partial charge is 0.496 e. The van der Waals surface area contributed by atoms with Crippen molar-refractivity contribution in [3.8, 4) is 5.75 Å². The fraction of sp³-hybridized carbons (Fsp3) is 0.158. The van der Waals surface area contributed by atoms with Crippen molar-refractivity contribution in [2.45, 2.75) is 0 Å². The normalized spacial score (nSPS) is 10.5. The lowest BCUT2D eigenvalue weighted by atomic mass is 10.2. The molecule has 0 aliphatic carbocycles. The third-order valence-electron chi connectivity index (χ3n) is 3.53. The van der Waals surface area contributed by atoms with Crippen LogP contribution < -0.4 is 20.5 Å². The number of nitrogens with zero attached hydrogens (tertiary/aromatic N) is 1. The van der Waals surface area contributed by atoms with Crippen molar-refractivity contribution >= 4 is 39.5 Å². The van der Waals surface area contributed by atoms with E-state index in [9.17, 15) is 9.59 Å². The van der Waals surface area contributed by atoms with Gasteiger partial charge in [-0.15, -0.1) is 0 Å². The van der Waals surface area contributed by atoms with Gasteiger partial charge in [0.25, 0.3) is 11.8 Å². The number of methoxy groups -OCH3 is 1. The first kappa shape index (κ1) is 19.5. The maximum absolute atomic E-state index is 12.1. The zero-order valence-electron chi connectivity index (χ0n) is 14.7. The summed E-state index contributed by atoms with van der Waals surface area (Å²) in [6, 6.07) is 12.6. The van der Waals surface area contributed by atoms with Crippen LogP contribution in [0, 0.1) is 0 Å². The van der Waals surface area contributed by atoms with E-state index in [0.717, 1.165) is 15.7 Å². The van der Waals surface area contributed by atoms with Crippen LogP contribution in [-0.2, 0) is 4.79 Å². The number of anilines is 1. The summed E-state index contributed by atoms with van der Waals surface area (Å²) < 4.78 is 6.11. The molecule has 2 amide bonds. The molecular weight excluding hydrogens is 398 g/mol. The second kappa shape index (κ2) is 9.05. The number of carbonyl (C=O) groups is 2. The van der Waals surface area contributed by atoms with E-state index in [2.05, 4.69) is 26.8 Å². The predicted molar refractivity (Wildman–Crippen MR) is 106 cm³/mol. The third kappa shape index (κ3) is 5.35. The van der Waals surface area contributed by atoms with Gasteiger partial charge in [-0.2, -0.15) is 0 Å². The lowest BCUT2D eigenvalue weighted by Gasteiger charge is -2.13. The Kier molecular flexibility index (Phi) is 6.80. The Morgan fingerprint density at radius 3 is 2.58 bits per heavy atom. The molecule has 26 heavy (non-hydrogen) atoms. The number of ether oxygens (including phenoxy) is 1. The summed E-state index contributed by atoms with van der Waals surface area (Å²) in [6.07, 6.45) is 2.93. The molecule has 0 radical (unpaired) electrons. The average Bonchev–Trinajstić information content (AvgIpc) is 2.64. The summed E-state index contributed by atoms with van der Waals surface area (Å²) in [7, 11) is 5.34. The molecule has 0 aliphatic heterocycles. The van der Waals surface area contributed by atoms with Crippen LogP contribution in [0.2, 0.25) is 0 Å². The van der Waals surface area contributed by atoms with Crippen LogP contribution in [0.25, 0.3) is 6.08 Å². The highest BCUT2D eigenvalue weighted by molar-refractivity contribution is 9.10. The smallest absolute Gasteiger partial charge is 0.269 e. The maximum Gasteiger partial charge on any atom is 0.269 e. The van der Waals surface area contributed by atoms with Crippen molar-refractivity contribution in [1.82, 2.24) is 10.9 Å². The second-order valence-electron chi connectivity index (χ2n) is 5.61. The van der Waals surface area contributed by atoms with Gasteiger partial charge in [-0.25, -0.2) is 0 Å². The number of hydrogen-bond donors (Lipinski definition) is 2. The number of amides is 2. The Balaban J connectivity index is 1.97. The molecule has 0 saturated heterocycles. The highest BCUT2D eigenvalue weighted by Gasteiger charge is 2.08. The lowest BCUT2D eigenvalue weighted by molar-refractivity contribution is -0.117. The number of nitrogens with one attached hydrogen (secondary N) is 2. The molecule has 7 heteroatoms. The van der Waals surface area contributed by atoms with E-state index in [1.807, 2.05) is 37.2 Å². The van der Waals surface area contributed by atoms with Crippen molar-refractivity contribution in [3.63, 3.8) is 0 Å². The molecule has 0 saturated carbocycles. The van der Waals surface area contributed by atoms with Crippen molar-refractivity contribution < 1.29 is 14.3 Å². The molecule has 136 valence electrons. The van der Waals surface area contributed by atoms with Crippen molar-refractivity contribution in [1.29, 1.82) is 0 Å². The minimum atomic E-state index is -0.454. The highest BCUT2D eigenvalue weighted by atomic mass is 79.9. The average molecular weight is 418 g/mol. The number of rotatable bonds is 5. The molecular formula is C19H20BrN3O3. The number of halogens is 1. The van der Waals surface area contributed by atoms with E-state index in [1.165, 1.54) is 6.08 Å². The summed E-state index contributed by atoms with van der Waals surface area (Å²) in [5.41, 5.74) is 6.84. The van der Waals surface area contributed by atoms with Gasteiger partial charge in [0, 0.05) is 41.5 Å². The van der Waals surface area contributed by atoms with Crippen LogP contribution in [0.4, 0.5) is 5.69 Å². The molecule has 0 bridgehead atoms. The first-order chi connectivity index (χ1) is 12.4. The molecule has 2 aromatic rings. The Hall–Kier alpha value is -2.80. The fourth-order valence-corrected chi connectivity index (χ4v) is 2.54. The summed E-state index contributed by atoms with van der Waals surface area (Å²) in [6.45, 7) is 0. The fourth-order valence-electron chi connectivity index (χ4n) is 2.16. The maximum atomic E-state index is 12.1. The van der Waals surface area contributed by atoms with E-state index in [4.69, 9.17) is 4.74 Å². The summed E-state index contributed by atoms with van der Waals surface area (Å²) in [5, 5.41) is 0. The Morgan fingerprint density at radius 1 is 1.12 bits per heavy atom. The summed E-state index contributed by atoms with van der Waals surface area (Å²) in [5.74, 6) is -0.207. The molecule has 2 rings (SSSR count). The topological polar surface area (TPSA) is 70.7 Å². The Labute approximate surface area is 160 Å². The molecule has 0 unspecified atom stereocenters.